The van der Waals surface area contributed by atoms with Gasteiger partial charge < -0.3 is 10.1 Å². The summed E-state index contributed by atoms with van der Waals surface area (Å²) in [4.78, 5) is 4.61. The number of fused-ring (bicyclic) bond motifs is 2. The van der Waals surface area contributed by atoms with E-state index in [4.69, 9.17) is 4.74 Å². The molecule has 2 aromatic heterocycles. The Kier molecular flexibility index (Phi) is 3.97. The Morgan fingerprint density at radius 1 is 1.32 bits per heavy atom. The molecular weight excluding hydrogens is 338 g/mol. The molecule has 0 amide bonds. The van der Waals surface area contributed by atoms with Gasteiger partial charge in [0.25, 0.3) is 10.0 Å². The van der Waals surface area contributed by atoms with E-state index in [2.05, 4.69) is 10.3 Å². The number of likely N-dealkylation sites (N-methyl/N-ethyl adjacent to an activating group) is 1. The molecule has 3 heterocycles. The number of nitrogens with one attached hydrogen (secondary N) is 1. The quantitative estimate of drug-likeness (QED) is 0.756. The predicted octanol–water partition coefficient (Wildman–Crippen LogP) is 1.97. The highest BCUT2D eigenvalue weighted by atomic mass is 32.2. The molecular formula is C18H19N3O3S. The summed E-state index contributed by atoms with van der Waals surface area (Å²) in [5, 5.41) is 3.09. The summed E-state index contributed by atoms with van der Waals surface area (Å²) >= 11 is 0. The molecule has 0 atom stereocenters. The van der Waals surface area contributed by atoms with E-state index in [1.165, 1.54) is 3.97 Å². The van der Waals surface area contributed by atoms with Crippen LogP contribution in [0.15, 0.2) is 47.6 Å². The van der Waals surface area contributed by atoms with Crippen molar-refractivity contribution in [2.75, 3.05) is 20.2 Å². The molecule has 0 saturated carbocycles. The molecule has 130 valence electrons. The third-order valence-corrected chi connectivity index (χ3v) is 6.14. The normalized spacial score (nSPS) is 13.8. The van der Waals surface area contributed by atoms with Crippen molar-refractivity contribution in [1.29, 1.82) is 0 Å². The fourth-order valence-electron chi connectivity index (χ4n) is 3.16. The molecule has 6 nitrogen and oxygen atoms in total. The lowest BCUT2D eigenvalue weighted by atomic mass is 10.2. The van der Waals surface area contributed by atoms with Crippen LogP contribution < -0.4 is 10.1 Å². The number of nitrogens with zero attached hydrogens (tertiary/aromatic N) is 2. The van der Waals surface area contributed by atoms with Crippen LogP contribution in [0.2, 0.25) is 0 Å². The van der Waals surface area contributed by atoms with Crippen molar-refractivity contribution in [2.24, 2.45) is 0 Å². The van der Waals surface area contributed by atoms with Gasteiger partial charge in [0.2, 0.25) is 0 Å². The lowest BCUT2D eigenvalue weighted by Crippen LogP contribution is -2.12. The van der Waals surface area contributed by atoms with Gasteiger partial charge in [0.1, 0.15) is 5.75 Å². The topological polar surface area (TPSA) is 73.2 Å². The summed E-state index contributed by atoms with van der Waals surface area (Å²) in [6, 6.07) is 8.64. The number of benzene rings is 1. The zero-order valence-corrected chi connectivity index (χ0v) is 14.7. The molecule has 25 heavy (non-hydrogen) atoms. The molecule has 3 aromatic rings. The molecule has 0 bridgehead atoms. The summed E-state index contributed by atoms with van der Waals surface area (Å²) in [5.41, 5.74) is 3.27. The second-order valence-electron chi connectivity index (χ2n) is 6.05. The van der Waals surface area contributed by atoms with Gasteiger partial charge in [0.05, 0.1) is 22.5 Å². The number of aromatic nitrogens is 2. The van der Waals surface area contributed by atoms with E-state index in [-0.39, 0.29) is 4.90 Å². The van der Waals surface area contributed by atoms with Gasteiger partial charge in [0, 0.05) is 24.9 Å². The van der Waals surface area contributed by atoms with Crippen molar-refractivity contribution < 1.29 is 13.2 Å². The Balaban J connectivity index is 1.85. The van der Waals surface area contributed by atoms with Crippen molar-refractivity contribution in [3.63, 3.8) is 0 Å². The third kappa shape index (κ3) is 2.69. The van der Waals surface area contributed by atoms with Crippen molar-refractivity contribution >= 4 is 21.1 Å². The van der Waals surface area contributed by atoms with Crippen molar-refractivity contribution in [3.05, 3.63) is 53.9 Å². The number of ether oxygens (including phenoxy) is 1. The van der Waals surface area contributed by atoms with Gasteiger partial charge in [-0.1, -0.05) is 6.07 Å². The maximum atomic E-state index is 13.2. The van der Waals surface area contributed by atoms with Crippen molar-refractivity contribution in [2.45, 2.75) is 17.7 Å². The minimum absolute atomic E-state index is 0.231. The Morgan fingerprint density at radius 3 is 3.04 bits per heavy atom. The summed E-state index contributed by atoms with van der Waals surface area (Å²) in [6.07, 6.45) is 4.89. The maximum Gasteiger partial charge on any atom is 0.268 e. The van der Waals surface area contributed by atoms with E-state index in [1.54, 1.807) is 36.7 Å². The van der Waals surface area contributed by atoms with E-state index in [0.717, 1.165) is 29.6 Å². The van der Waals surface area contributed by atoms with Crippen LogP contribution in [-0.4, -0.2) is 37.6 Å². The molecule has 7 heteroatoms. The maximum absolute atomic E-state index is 13.2. The van der Waals surface area contributed by atoms with E-state index in [0.29, 0.717) is 24.3 Å². The second kappa shape index (κ2) is 6.16. The van der Waals surface area contributed by atoms with Crippen LogP contribution in [0.5, 0.6) is 5.75 Å². The Labute approximate surface area is 146 Å². The van der Waals surface area contributed by atoms with E-state index >= 15 is 0 Å². The molecule has 0 fully saturated rings. The van der Waals surface area contributed by atoms with Crippen molar-refractivity contribution in [1.82, 2.24) is 14.3 Å². The second-order valence-corrected chi connectivity index (χ2v) is 7.86. The summed E-state index contributed by atoms with van der Waals surface area (Å²) in [7, 11) is -1.85. The van der Waals surface area contributed by atoms with Gasteiger partial charge in [0.15, 0.2) is 0 Å². The molecule has 0 unspecified atom stereocenters. The predicted molar refractivity (Wildman–Crippen MR) is 95.6 cm³/mol. The first kappa shape index (κ1) is 16.1. The number of hydrogen-bond donors (Lipinski definition) is 1. The first-order chi connectivity index (χ1) is 12.1. The highest BCUT2D eigenvalue weighted by Crippen LogP contribution is 2.30. The SMILES string of the molecule is CNCCc1cn(S(=O)(=O)c2ccc3c(c2)OCC3)c2cccnc12. The van der Waals surface area contributed by atoms with Crippen LogP contribution in [0.25, 0.3) is 11.0 Å². The molecule has 1 N–H and O–H groups in total. The zero-order valence-electron chi connectivity index (χ0n) is 13.9. The lowest BCUT2D eigenvalue weighted by Gasteiger charge is -2.09. The molecule has 1 aliphatic rings. The molecule has 0 spiro atoms. The fraction of sp³-hybridized carbons (Fsp3) is 0.278. The fourth-order valence-corrected chi connectivity index (χ4v) is 4.55. The highest BCUT2D eigenvalue weighted by Gasteiger charge is 2.24. The molecule has 1 aliphatic heterocycles. The monoisotopic (exact) mass is 357 g/mol. The standard InChI is InChI=1S/C18H19N3O3S/c1-19-9-6-14-12-21(16-3-2-8-20-18(14)16)25(22,23)15-5-4-13-7-10-24-17(13)11-15/h2-5,8,11-12,19H,6-7,9-10H2,1H3. The minimum atomic E-state index is -3.72. The van der Waals surface area contributed by atoms with Crippen LogP contribution in [0.4, 0.5) is 0 Å². The highest BCUT2D eigenvalue weighted by molar-refractivity contribution is 7.90. The third-order valence-electron chi connectivity index (χ3n) is 4.47. The van der Waals surface area contributed by atoms with Gasteiger partial charge in [-0.3, -0.25) is 4.98 Å². The van der Waals surface area contributed by atoms with Gasteiger partial charge in [-0.05, 0) is 49.3 Å². The molecule has 0 radical (unpaired) electrons. The summed E-state index contributed by atoms with van der Waals surface area (Å²) in [5.74, 6) is 0.658. The minimum Gasteiger partial charge on any atom is -0.493 e. The first-order valence-corrected chi connectivity index (χ1v) is 9.66. The summed E-state index contributed by atoms with van der Waals surface area (Å²) < 4.78 is 33.2. The number of hydrogen-bond acceptors (Lipinski definition) is 5. The Bertz CT molecular complexity index is 1040. The van der Waals surface area contributed by atoms with E-state index < -0.39 is 10.0 Å². The van der Waals surface area contributed by atoms with Crippen LogP contribution in [-0.2, 0) is 22.9 Å². The smallest absolute Gasteiger partial charge is 0.268 e. The van der Waals surface area contributed by atoms with Crippen LogP contribution in [0.1, 0.15) is 11.1 Å². The molecule has 4 rings (SSSR count). The Morgan fingerprint density at radius 2 is 2.20 bits per heavy atom. The Hall–Kier alpha value is -2.38. The van der Waals surface area contributed by atoms with Crippen LogP contribution in [0.3, 0.4) is 0 Å². The van der Waals surface area contributed by atoms with Gasteiger partial charge in [-0.15, -0.1) is 0 Å². The first-order valence-electron chi connectivity index (χ1n) is 8.22. The number of rotatable bonds is 5. The molecule has 0 saturated heterocycles. The average Bonchev–Trinajstić information content (AvgIpc) is 3.24. The van der Waals surface area contributed by atoms with E-state index in [1.807, 2.05) is 13.1 Å². The van der Waals surface area contributed by atoms with Gasteiger partial charge >= 0.3 is 0 Å². The lowest BCUT2D eigenvalue weighted by molar-refractivity contribution is 0.356. The average molecular weight is 357 g/mol. The zero-order chi connectivity index (χ0) is 17.4. The largest absolute Gasteiger partial charge is 0.493 e. The molecule has 0 aliphatic carbocycles. The van der Waals surface area contributed by atoms with Crippen molar-refractivity contribution in [3.8, 4) is 5.75 Å². The number of pyridine rings is 1. The van der Waals surface area contributed by atoms with Gasteiger partial charge in [-0.25, -0.2) is 12.4 Å². The molecule has 1 aromatic carbocycles. The van der Waals surface area contributed by atoms with E-state index in [9.17, 15) is 8.42 Å². The van der Waals surface area contributed by atoms with Crippen LogP contribution in [0, 0.1) is 0 Å². The summed E-state index contributed by atoms with van der Waals surface area (Å²) in [6.45, 7) is 1.35. The van der Waals surface area contributed by atoms with Gasteiger partial charge in [-0.2, -0.15) is 0 Å². The van der Waals surface area contributed by atoms with Crippen LogP contribution >= 0.6 is 0 Å².